The Hall–Kier alpha value is -3.15. The van der Waals surface area contributed by atoms with Gasteiger partial charge in [0.2, 0.25) is 5.91 Å². The number of amides is 1. The van der Waals surface area contributed by atoms with Crippen molar-refractivity contribution in [1.82, 2.24) is 4.98 Å². The van der Waals surface area contributed by atoms with Crippen LogP contribution in [0.4, 0.5) is 17.2 Å². The first-order valence-corrected chi connectivity index (χ1v) is 6.89. The molecule has 0 unspecified atom stereocenters. The third kappa shape index (κ3) is 3.94. The van der Waals surface area contributed by atoms with Crippen molar-refractivity contribution in [3.8, 4) is 5.75 Å². The van der Waals surface area contributed by atoms with Crippen molar-refractivity contribution in [2.75, 3.05) is 17.7 Å². The number of pyridine rings is 1. The van der Waals surface area contributed by atoms with Gasteiger partial charge in [0, 0.05) is 18.8 Å². The Bertz CT molecular complexity index is 756. The molecule has 0 saturated heterocycles. The van der Waals surface area contributed by atoms with Gasteiger partial charge in [-0.25, -0.2) is 4.98 Å². The molecule has 1 heterocycles. The molecular formula is C17H17N3O3. The van der Waals surface area contributed by atoms with Crippen molar-refractivity contribution in [3.05, 3.63) is 54.7 Å². The summed E-state index contributed by atoms with van der Waals surface area (Å²) in [6, 6.07) is 8.47. The number of anilines is 3. The maximum Gasteiger partial charge on any atom is 0.221 e. The monoisotopic (exact) mass is 311 g/mol. The molecule has 23 heavy (non-hydrogen) atoms. The van der Waals surface area contributed by atoms with Crippen LogP contribution in [0.3, 0.4) is 0 Å². The van der Waals surface area contributed by atoms with E-state index in [4.69, 9.17) is 4.74 Å². The zero-order valence-electron chi connectivity index (χ0n) is 12.9. The summed E-state index contributed by atoms with van der Waals surface area (Å²) >= 11 is 0. The molecular weight excluding hydrogens is 294 g/mol. The van der Waals surface area contributed by atoms with Crippen LogP contribution in [0, 0.1) is 0 Å². The summed E-state index contributed by atoms with van der Waals surface area (Å²) in [4.78, 5) is 27.3. The van der Waals surface area contributed by atoms with E-state index in [1.165, 1.54) is 20.1 Å². The second kappa shape index (κ2) is 7.22. The van der Waals surface area contributed by atoms with E-state index in [0.717, 1.165) is 0 Å². The molecule has 1 aromatic carbocycles. The van der Waals surface area contributed by atoms with Gasteiger partial charge in [0.25, 0.3) is 0 Å². The molecule has 0 spiro atoms. The normalized spacial score (nSPS) is 9.83. The quantitative estimate of drug-likeness (QED) is 0.632. The average Bonchev–Trinajstić information content (AvgIpc) is 2.54. The molecule has 0 bridgehead atoms. The minimum Gasteiger partial charge on any atom is -0.495 e. The Labute approximate surface area is 134 Å². The predicted molar refractivity (Wildman–Crippen MR) is 89.3 cm³/mol. The second-order valence-corrected chi connectivity index (χ2v) is 4.69. The molecule has 0 aliphatic rings. The van der Waals surface area contributed by atoms with Crippen LogP contribution in [0.5, 0.6) is 5.75 Å². The van der Waals surface area contributed by atoms with Gasteiger partial charge in [0.1, 0.15) is 11.6 Å². The number of benzene rings is 1. The number of carbonyl (C=O) groups is 2. The third-order valence-electron chi connectivity index (χ3n) is 3.03. The SMILES string of the molecule is C=CC(=O)c1cccnc1Nc1cc(NC(C)=O)ccc1OC. The fraction of sp³-hybridized carbons (Fsp3) is 0.118. The highest BCUT2D eigenvalue weighted by atomic mass is 16.5. The first-order valence-electron chi connectivity index (χ1n) is 6.89. The molecule has 0 aliphatic carbocycles. The molecule has 118 valence electrons. The summed E-state index contributed by atoms with van der Waals surface area (Å²) in [6.07, 6.45) is 2.81. The molecule has 0 atom stereocenters. The first-order chi connectivity index (χ1) is 11.0. The van der Waals surface area contributed by atoms with Crippen LogP contribution < -0.4 is 15.4 Å². The van der Waals surface area contributed by atoms with E-state index < -0.39 is 0 Å². The lowest BCUT2D eigenvalue weighted by atomic mass is 10.1. The number of allylic oxidation sites excluding steroid dienone is 1. The number of nitrogens with one attached hydrogen (secondary N) is 2. The van der Waals surface area contributed by atoms with E-state index in [-0.39, 0.29) is 11.7 Å². The van der Waals surface area contributed by atoms with Crippen LogP contribution in [0.25, 0.3) is 0 Å². The number of aromatic nitrogens is 1. The second-order valence-electron chi connectivity index (χ2n) is 4.69. The van der Waals surface area contributed by atoms with Crippen LogP contribution in [-0.2, 0) is 4.79 Å². The summed E-state index contributed by atoms with van der Waals surface area (Å²) in [5.74, 6) is 0.525. The van der Waals surface area contributed by atoms with Gasteiger partial charge in [-0.1, -0.05) is 6.58 Å². The number of rotatable bonds is 6. The average molecular weight is 311 g/mol. The molecule has 1 aromatic heterocycles. The molecule has 2 N–H and O–H groups in total. The van der Waals surface area contributed by atoms with Crippen LogP contribution in [-0.4, -0.2) is 23.8 Å². The zero-order valence-corrected chi connectivity index (χ0v) is 12.9. The predicted octanol–water partition coefficient (Wildman–Crippen LogP) is 3.16. The molecule has 0 fully saturated rings. The number of ketones is 1. The fourth-order valence-corrected chi connectivity index (χ4v) is 2.03. The highest BCUT2D eigenvalue weighted by Crippen LogP contribution is 2.31. The standard InChI is InChI=1S/C17H17N3O3/c1-4-15(22)13-6-5-9-18-17(13)20-14-10-12(19-11(2)21)7-8-16(14)23-3/h4-10H,1H2,2-3H3,(H,18,20)(H,19,21). The molecule has 1 amide bonds. The number of hydrogen-bond acceptors (Lipinski definition) is 5. The summed E-state index contributed by atoms with van der Waals surface area (Å²) in [5.41, 5.74) is 1.58. The van der Waals surface area contributed by atoms with Gasteiger partial charge >= 0.3 is 0 Å². The van der Waals surface area contributed by atoms with E-state index in [1.807, 2.05) is 0 Å². The smallest absolute Gasteiger partial charge is 0.221 e. The Morgan fingerprint density at radius 2 is 2.09 bits per heavy atom. The van der Waals surface area contributed by atoms with Crippen LogP contribution >= 0.6 is 0 Å². The molecule has 2 rings (SSSR count). The van der Waals surface area contributed by atoms with E-state index in [1.54, 1.807) is 36.5 Å². The lowest BCUT2D eigenvalue weighted by Crippen LogP contribution is -2.07. The summed E-state index contributed by atoms with van der Waals surface area (Å²) < 4.78 is 5.30. The van der Waals surface area contributed by atoms with Crippen molar-refractivity contribution in [2.45, 2.75) is 6.92 Å². The molecule has 2 aromatic rings. The van der Waals surface area contributed by atoms with Crippen molar-refractivity contribution < 1.29 is 14.3 Å². The number of nitrogens with zero attached hydrogens (tertiary/aromatic N) is 1. The van der Waals surface area contributed by atoms with E-state index in [2.05, 4.69) is 22.2 Å². The van der Waals surface area contributed by atoms with Crippen molar-refractivity contribution in [3.63, 3.8) is 0 Å². The van der Waals surface area contributed by atoms with Crippen LogP contribution in [0.15, 0.2) is 49.2 Å². The molecule has 6 nitrogen and oxygen atoms in total. The van der Waals surface area contributed by atoms with Gasteiger partial charge in [-0.15, -0.1) is 0 Å². The minimum atomic E-state index is -0.238. The minimum absolute atomic E-state index is 0.179. The summed E-state index contributed by atoms with van der Waals surface area (Å²) in [7, 11) is 1.53. The first kappa shape index (κ1) is 16.2. The van der Waals surface area contributed by atoms with E-state index in [0.29, 0.717) is 28.5 Å². The number of hydrogen-bond donors (Lipinski definition) is 2. The van der Waals surface area contributed by atoms with Crippen molar-refractivity contribution >= 4 is 28.9 Å². The highest BCUT2D eigenvalue weighted by molar-refractivity contribution is 6.08. The van der Waals surface area contributed by atoms with Gasteiger partial charge < -0.3 is 15.4 Å². The Kier molecular flexibility index (Phi) is 5.09. The number of ether oxygens (including phenoxy) is 1. The largest absolute Gasteiger partial charge is 0.495 e. The molecule has 0 radical (unpaired) electrons. The molecule has 0 aliphatic heterocycles. The van der Waals surface area contributed by atoms with Crippen LogP contribution in [0.1, 0.15) is 17.3 Å². The summed E-state index contributed by atoms with van der Waals surface area (Å²) in [6.45, 7) is 4.92. The topological polar surface area (TPSA) is 80.3 Å². The van der Waals surface area contributed by atoms with E-state index >= 15 is 0 Å². The Balaban J connectivity index is 2.41. The summed E-state index contributed by atoms with van der Waals surface area (Å²) in [5, 5.41) is 5.76. The lowest BCUT2D eigenvalue weighted by Gasteiger charge is -2.14. The number of carbonyl (C=O) groups excluding carboxylic acids is 2. The molecule has 6 heteroatoms. The van der Waals surface area contributed by atoms with Gasteiger partial charge in [-0.3, -0.25) is 9.59 Å². The van der Waals surface area contributed by atoms with Gasteiger partial charge in [-0.05, 0) is 36.4 Å². The zero-order chi connectivity index (χ0) is 16.8. The van der Waals surface area contributed by atoms with Gasteiger partial charge in [-0.2, -0.15) is 0 Å². The van der Waals surface area contributed by atoms with E-state index in [9.17, 15) is 9.59 Å². The van der Waals surface area contributed by atoms with Gasteiger partial charge in [0.05, 0.1) is 18.4 Å². The Morgan fingerprint density at radius 3 is 2.74 bits per heavy atom. The highest BCUT2D eigenvalue weighted by Gasteiger charge is 2.12. The fourth-order valence-electron chi connectivity index (χ4n) is 2.03. The lowest BCUT2D eigenvalue weighted by molar-refractivity contribution is -0.114. The Morgan fingerprint density at radius 1 is 1.30 bits per heavy atom. The molecule has 0 saturated carbocycles. The van der Waals surface area contributed by atoms with Crippen molar-refractivity contribution in [2.24, 2.45) is 0 Å². The third-order valence-corrected chi connectivity index (χ3v) is 3.03. The number of methoxy groups -OCH3 is 1. The maximum absolute atomic E-state index is 11.9. The maximum atomic E-state index is 11.9. The van der Waals surface area contributed by atoms with Crippen LogP contribution in [0.2, 0.25) is 0 Å². The van der Waals surface area contributed by atoms with Gasteiger partial charge in [0.15, 0.2) is 5.78 Å². The van der Waals surface area contributed by atoms with Crippen molar-refractivity contribution in [1.29, 1.82) is 0 Å².